The minimum atomic E-state index is -0.428. The fraction of sp³-hybridized carbons (Fsp3) is 0.625. The van der Waals surface area contributed by atoms with Gasteiger partial charge in [0.05, 0.1) is 24.2 Å². The van der Waals surface area contributed by atoms with Crippen LogP contribution in [0.2, 0.25) is 0 Å². The molecule has 23 heavy (non-hydrogen) atoms. The van der Waals surface area contributed by atoms with Gasteiger partial charge in [-0.3, -0.25) is 10.1 Å². The number of piperidine rings is 1. The first-order valence-corrected chi connectivity index (χ1v) is 7.82. The van der Waals surface area contributed by atoms with Gasteiger partial charge >= 0.3 is 0 Å². The van der Waals surface area contributed by atoms with Crippen LogP contribution >= 0.6 is 12.4 Å². The molecule has 0 saturated carbocycles. The van der Waals surface area contributed by atoms with E-state index in [1.54, 1.807) is 12.1 Å². The van der Waals surface area contributed by atoms with Gasteiger partial charge in [-0.15, -0.1) is 12.4 Å². The van der Waals surface area contributed by atoms with E-state index in [1.807, 2.05) is 0 Å². The van der Waals surface area contributed by atoms with Gasteiger partial charge in [0.2, 0.25) is 0 Å². The first kappa shape index (κ1) is 19.7. The third kappa shape index (κ3) is 7.16. The summed E-state index contributed by atoms with van der Waals surface area (Å²) < 4.78 is 11.0. The van der Waals surface area contributed by atoms with E-state index in [0.717, 1.165) is 25.6 Å². The van der Waals surface area contributed by atoms with Crippen molar-refractivity contribution in [3.8, 4) is 5.75 Å². The highest BCUT2D eigenvalue weighted by molar-refractivity contribution is 5.85. The maximum absolute atomic E-state index is 10.7. The van der Waals surface area contributed by atoms with Crippen LogP contribution in [0.15, 0.2) is 24.3 Å². The predicted octanol–water partition coefficient (Wildman–Crippen LogP) is 3.14. The molecule has 0 aliphatic carbocycles. The van der Waals surface area contributed by atoms with Gasteiger partial charge < -0.3 is 14.4 Å². The number of halogens is 1. The van der Waals surface area contributed by atoms with Crippen molar-refractivity contribution in [2.24, 2.45) is 5.92 Å². The fourth-order valence-electron chi connectivity index (χ4n) is 2.49. The Kier molecular flexibility index (Phi) is 8.91. The van der Waals surface area contributed by atoms with Crippen molar-refractivity contribution >= 4 is 18.1 Å². The molecule has 1 saturated heterocycles. The maximum atomic E-state index is 10.7. The number of likely N-dealkylation sites (tertiary alicyclic amines) is 1. The fourth-order valence-corrected chi connectivity index (χ4v) is 2.49. The Morgan fingerprint density at radius 2 is 2.00 bits per heavy atom. The zero-order valence-corrected chi connectivity index (χ0v) is 14.3. The molecule has 1 heterocycles. The molecule has 1 aromatic carbocycles. The molecule has 130 valence electrons. The van der Waals surface area contributed by atoms with E-state index in [0.29, 0.717) is 25.6 Å². The molecule has 0 radical (unpaired) electrons. The van der Waals surface area contributed by atoms with Gasteiger partial charge in [-0.05, 0) is 37.9 Å². The van der Waals surface area contributed by atoms with Crippen LogP contribution in [-0.4, -0.2) is 49.3 Å². The minimum Gasteiger partial charge on any atom is -0.491 e. The van der Waals surface area contributed by atoms with E-state index in [4.69, 9.17) is 9.47 Å². The minimum absolute atomic E-state index is 0. The molecule has 6 nitrogen and oxygen atoms in total. The van der Waals surface area contributed by atoms with Crippen molar-refractivity contribution in [3.05, 3.63) is 34.4 Å². The highest BCUT2D eigenvalue weighted by atomic mass is 35.5. The number of rotatable bonds is 8. The molecule has 0 unspecified atom stereocenters. The summed E-state index contributed by atoms with van der Waals surface area (Å²) in [5.74, 6) is 1.35. The summed E-state index contributed by atoms with van der Waals surface area (Å²) >= 11 is 0. The second-order valence-electron chi connectivity index (χ2n) is 5.74. The van der Waals surface area contributed by atoms with Gasteiger partial charge in [-0.1, -0.05) is 13.0 Å². The lowest BCUT2D eigenvalue weighted by atomic mass is 9.99. The first-order valence-electron chi connectivity index (χ1n) is 7.82. The molecule has 7 heteroatoms. The molecule has 0 atom stereocenters. The number of hydrogen-bond donors (Lipinski definition) is 0. The average Bonchev–Trinajstić information content (AvgIpc) is 2.52. The highest BCUT2D eigenvalue weighted by Gasteiger charge is 2.14. The Morgan fingerprint density at radius 1 is 1.26 bits per heavy atom. The first-order chi connectivity index (χ1) is 10.6. The lowest BCUT2D eigenvalue weighted by Crippen LogP contribution is -2.35. The van der Waals surface area contributed by atoms with Gasteiger partial charge in [0.25, 0.3) is 5.69 Å². The summed E-state index contributed by atoms with van der Waals surface area (Å²) in [5, 5.41) is 10.7. The van der Waals surface area contributed by atoms with E-state index in [9.17, 15) is 10.1 Å². The van der Waals surface area contributed by atoms with E-state index >= 15 is 0 Å². The second-order valence-corrected chi connectivity index (χ2v) is 5.74. The maximum Gasteiger partial charge on any atom is 0.273 e. The monoisotopic (exact) mass is 344 g/mol. The zero-order valence-electron chi connectivity index (χ0n) is 13.5. The van der Waals surface area contributed by atoms with E-state index in [-0.39, 0.29) is 18.1 Å². The van der Waals surface area contributed by atoms with Crippen molar-refractivity contribution < 1.29 is 14.4 Å². The summed E-state index contributed by atoms with van der Waals surface area (Å²) in [5.41, 5.74) is 0.0396. The molecule has 0 bridgehead atoms. The Balaban J connectivity index is 0.00000264. The smallest absolute Gasteiger partial charge is 0.273 e. The summed E-state index contributed by atoms with van der Waals surface area (Å²) in [6.07, 6.45) is 2.55. The topological polar surface area (TPSA) is 64.8 Å². The van der Waals surface area contributed by atoms with Crippen molar-refractivity contribution in [3.63, 3.8) is 0 Å². The Labute approximate surface area is 143 Å². The molecule has 0 amide bonds. The number of nitro groups is 1. The van der Waals surface area contributed by atoms with Crippen LogP contribution < -0.4 is 4.74 Å². The molecule has 0 N–H and O–H groups in total. The SMILES string of the molecule is CC1CCN(CCOCCOc2cccc([N+](=O)[O-])c2)CC1.Cl. The Hall–Kier alpha value is -1.37. The number of hydrogen-bond acceptors (Lipinski definition) is 5. The number of ether oxygens (including phenoxy) is 2. The Morgan fingerprint density at radius 3 is 2.70 bits per heavy atom. The van der Waals surface area contributed by atoms with Crippen LogP contribution in [0.1, 0.15) is 19.8 Å². The second kappa shape index (κ2) is 10.4. The van der Waals surface area contributed by atoms with Crippen LogP contribution in [0.4, 0.5) is 5.69 Å². The van der Waals surface area contributed by atoms with E-state index in [1.165, 1.54) is 25.0 Å². The molecule has 1 aliphatic rings. The largest absolute Gasteiger partial charge is 0.491 e. The van der Waals surface area contributed by atoms with Crippen molar-refractivity contribution in [1.29, 1.82) is 0 Å². The van der Waals surface area contributed by atoms with E-state index in [2.05, 4.69) is 11.8 Å². The molecule has 1 fully saturated rings. The third-order valence-electron chi connectivity index (χ3n) is 3.95. The zero-order chi connectivity index (χ0) is 15.8. The van der Waals surface area contributed by atoms with Crippen LogP contribution in [0.25, 0.3) is 0 Å². The molecule has 2 rings (SSSR count). The average molecular weight is 345 g/mol. The van der Waals surface area contributed by atoms with Crippen LogP contribution in [-0.2, 0) is 4.74 Å². The standard InChI is InChI=1S/C16H24N2O4.ClH/c1-14-5-7-17(8-6-14)9-10-21-11-12-22-16-4-2-3-15(13-16)18(19)20;/h2-4,13-14H,5-12H2,1H3;1H. The summed E-state index contributed by atoms with van der Waals surface area (Å²) in [7, 11) is 0. The summed E-state index contributed by atoms with van der Waals surface area (Å²) in [4.78, 5) is 12.7. The van der Waals surface area contributed by atoms with Crippen LogP contribution in [0, 0.1) is 16.0 Å². The van der Waals surface area contributed by atoms with Crippen molar-refractivity contribution in [2.45, 2.75) is 19.8 Å². The van der Waals surface area contributed by atoms with Crippen LogP contribution in [0.3, 0.4) is 0 Å². The number of benzene rings is 1. The number of nitro benzene ring substituents is 1. The van der Waals surface area contributed by atoms with Crippen molar-refractivity contribution in [1.82, 2.24) is 4.90 Å². The molecule has 1 aromatic rings. The molecular weight excluding hydrogens is 320 g/mol. The summed E-state index contributed by atoms with van der Waals surface area (Å²) in [6.45, 7) is 7.18. The molecule has 0 spiro atoms. The number of non-ortho nitro benzene ring substituents is 1. The highest BCUT2D eigenvalue weighted by Crippen LogP contribution is 2.19. The van der Waals surface area contributed by atoms with Gasteiger partial charge in [-0.25, -0.2) is 0 Å². The number of nitrogens with zero attached hydrogens (tertiary/aromatic N) is 2. The van der Waals surface area contributed by atoms with Gasteiger partial charge in [-0.2, -0.15) is 0 Å². The van der Waals surface area contributed by atoms with Crippen LogP contribution in [0.5, 0.6) is 5.75 Å². The van der Waals surface area contributed by atoms with Gasteiger partial charge in [0, 0.05) is 12.6 Å². The van der Waals surface area contributed by atoms with Gasteiger partial charge in [0.1, 0.15) is 12.4 Å². The lowest BCUT2D eigenvalue weighted by Gasteiger charge is -2.29. The Bertz CT molecular complexity index is 479. The predicted molar refractivity (Wildman–Crippen MR) is 91.5 cm³/mol. The molecular formula is C16H25ClN2O4. The lowest BCUT2D eigenvalue weighted by molar-refractivity contribution is -0.384. The molecule has 1 aliphatic heterocycles. The third-order valence-corrected chi connectivity index (χ3v) is 3.95. The quantitative estimate of drug-likeness (QED) is 0.412. The van der Waals surface area contributed by atoms with Gasteiger partial charge in [0.15, 0.2) is 0 Å². The normalized spacial score (nSPS) is 15.9. The van der Waals surface area contributed by atoms with Crippen molar-refractivity contribution in [2.75, 3.05) is 39.5 Å². The van der Waals surface area contributed by atoms with E-state index < -0.39 is 4.92 Å². The molecule has 0 aromatic heterocycles. The summed E-state index contributed by atoms with van der Waals surface area (Å²) in [6, 6.07) is 6.20.